The lowest BCUT2D eigenvalue weighted by molar-refractivity contribution is 0.0601. The van der Waals surface area contributed by atoms with Gasteiger partial charge in [-0.1, -0.05) is 11.6 Å². The zero-order valence-corrected chi connectivity index (χ0v) is 13.1. The van der Waals surface area contributed by atoms with Crippen molar-refractivity contribution in [3.05, 3.63) is 45.7 Å². The second-order valence-corrected chi connectivity index (χ2v) is 5.42. The summed E-state index contributed by atoms with van der Waals surface area (Å²) in [5.41, 5.74) is 1.96. The lowest BCUT2D eigenvalue weighted by Gasteiger charge is -2.04. The minimum atomic E-state index is -0.492. The Bertz CT molecular complexity index is 847. The number of nitrogens with zero attached hydrogens (tertiary/aromatic N) is 2. The SMILES string of the molecule is COC(=O)c1cc(Br)ncc1-c1nc2ccc(Cl)cc2o1. The van der Waals surface area contributed by atoms with Gasteiger partial charge in [-0.25, -0.2) is 14.8 Å². The number of fused-ring (bicyclic) bond motifs is 1. The van der Waals surface area contributed by atoms with Crippen LogP contribution >= 0.6 is 27.5 Å². The molecule has 0 saturated carbocycles. The first-order chi connectivity index (χ1) is 10.1. The highest BCUT2D eigenvalue weighted by Crippen LogP contribution is 2.29. The van der Waals surface area contributed by atoms with Gasteiger partial charge in [0.25, 0.3) is 0 Å². The lowest BCUT2D eigenvalue weighted by atomic mass is 10.1. The van der Waals surface area contributed by atoms with E-state index in [4.69, 9.17) is 20.8 Å². The van der Waals surface area contributed by atoms with Gasteiger partial charge in [0.1, 0.15) is 10.1 Å². The molecule has 0 spiro atoms. The third-order valence-electron chi connectivity index (χ3n) is 2.86. The summed E-state index contributed by atoms with van der Waals surface area (Å²) in [6.45, 7) is 0. The Morgan fingerprint density at radius 3 is 2.95 bits per heavy atom. The number of carbonyl (C=O) groups is 1. The fraction of sp³-hybridized carbons (Fsp3) is 0.0714. The predicted molar refractivity (Wildman–Crippen MR) is 81.3 cm³/mol. The van der Waals surface area contributed by atoms with Crippen LogP contribution in [0, 0.1) is 0 Å². The quantitative estimate of drug-likeness (QED) is 0.504. The fourth-order valence-electron chi connectivity index (χ4n) is 1.89. The second-order valence-electron chi connectivity index (χ2n) is 4.18. The molecule has 5 nitrogen and oxygen atoms in total. The molecular weight excluding hydrogens is 360 g/mol. The van der Waals surface area contributed by atoms with Gasteiger partial charge in [-0.2, -0.15) is 0 Å². The average molecular weight is 368 g/mol. The maximum absolute atomic E-state index is 11.9. The molecule has 3 aromatic rings. The molecule has 0 amide bonds. The highest BCUT2D eigenvalue weighted by Gasteiger charge is 2.19. The summed E-state index contributed by atoms with van der Waals surface area (Å²) >= 11 is 9.14. The molecule has 0 bridgehead atoms. The normalized spacial score (nSPS) is 10.8. The number of pyridine rings is 1. The predicted octanol–water partition coefficient (Wildman–Crippen LogP) is 4.09. The number of ether oxygens (including phenoxy) is 1. The van der Waals surface area contributed by atoms with Gasteiger partial charge < -0.3 is 9.15 Å². The standard InChI is InChI=1S/C14H8BrClN2O3/c1-20-14(19)8-5-12(15)17-6-9(8)13-18-10-3-2-7(16)4-11(10)21-13/h2-6H,1H3. The molecule has 21 heavy (non-hydrogen) atoms. The van der Waals surface area contributed by atoms with Crippen molar-refractivity contribution < 1.29 is 13.9 Å². The first-order valence-corrected chi connectivity index (χ1v) is 7.06. The van der Waals surface area contributed by atoms with E-state index in [-0.39, 0.29) is 5.89 Å². The van der Waals surface area contributed by atoms with Crippen molar-refractivity contribution in [1.29, 1.82) is 0 Å². The average Bonchev–Trinajstić information content (AvgIpc) is 2.89. The number of esters is 1. The van der Waals surface area contributed by atoms with Crippen molar-refractivity contribution in [3.8, 4) is 11.5 Å². The summed E-state index contributed by atoms with van der Waals surface area (Å²) in [7, 11) is 1.31. The number of carbonyl (C=O) groups excluding carboxylic acids is 1. The zero-order valence-electron chi connectivity index (χ0n) is 10.8. The molecule has 106 valence electrons. The molecular formula is C14H8BrClN2O3. The van der Waals surface area contributed by atoms with Crippen LogP contribution in [0.2, 0.25) is 5.02 Å². The van der Waals surface area contributed by atoms with E-state index >= 15 is 0 Å². The number of rotatable bonds is 2. The number of methoxy groups -OCH3 is 1. The topological polar surface area (TPSA) is 65.2 Å². The van der Waals surface area contributed by atoms with E-state index in [1.807, 2.05) is 0 Å². The lowest BCUT2D eigenvalue weighted by Crippen LogP contribution is -2.04. The molecule has 0 aliphatic heterocycles. The van der Waals surface area contributed by atoms with Crippen LogP contribution in [-0.4, -0.2) is 23.0 Å². The van der Waals surface area contributed by atoms with Crippen molar-refractivity contribution >= 4 is 44.6 Å². The Balaban J connectivity index is 2.20. The molecule has 0 saturated heterocycles. The number of benzene rings is 1. The van der Waals surface area contributed by atoms with Crippen LogP contribution in [0.4, 0.5) is 0 Å². The van der Waals surface area contributed by atoms with E-state index in [1.54, 1.807) is 24.3 Å². The van der Waals surface area contributed by atoms with E-state index in [1.165, 1.54) is 13.3 Å². The third-order valence-corrected chi connectivity index (χ3v) is 3.53. The van der Waals surface area contributed by atoms with Gasteiger partial charge >= 0.3 is 5.97 Å². The van der Waals surface area contributed by atoms with Crippen molar-refractivity contribution in [2.75, 3.05) is 7.11 Å². The summed E-state index contributed by atoms with van der Waals surface area (Å²) in [4.78, 5) is 20.3. The van der Waals surface area contributed by atoms with Crippen LogP contribution in [0.25, 0.3) is 22.6 Å². The number of hydrogen-bond donors (Lipinski definition) is 0. The van der Waals surface area contributed by atoms with Gasteiger partial charge in [0.2, 0.25) is 5.89 Å². The van der Waals surface area contributed by atoms with Crippen molar-refractivity contribution in [3.63, 3.8) is 0 Å². The van der Waals surface area contributed by atoms with Crippen molar-refractivity contribution in [2.24, 2.45) is 0 Å². The molecule has 0 fully saturated rings. The molecule has 0 N–H and O–H groups in total. The van der Waals surface area contributed by atoms with Crippen LogP contribution < -0.4 is 0 Å². The Morgan fingerprint density at radius 1 is 1.38 bits per heavy atom. The first-order valence-electron chi connectivity index (χ1n) is 5.89. The van der Waals surface area contributed by atoms with E-state index in [9.17, 15) is 4.79 Å². The van der Waals surface area contributed by atoms with Gasteiger partial charge in [-0.15, -0.1) is 0 Å². The Morgan fingerprint density at radius 2 is 2.19 bits per heavy atom. The molecule has 0 aliphatic carbocycles. The zero-order chi connectivity index (χ0) is 15.0. The molecule has 7 heteroatoms. The number of aromatic nitrogens is 2. The molecule has 0 aliphatic rings. The fourth-order valence-corrected chi connectivity index (χ4v) is 2.39. The van der Waals surface area contributed by atoms with Crippen LogP contribution in [0.3, 0.4) is 0 Å². The molecule has 0 atom stereocenters. The largest absolute Gasteiger partial charge is 0.465 e. The maximum Gasteiger partial charge on any atom is 0.338 e. The number of hydrogen-bond acceptors (Lipinski definition) is 5. The maximum atomic E-state index is 11.9. The smallest absolute Gasteiger partial charge is 0.338 e. The highest BCUT2D eigenvalue weighted by atomic mass is 79.9. The third kappa shape index (κ3) is 2.64. The molecule has 0 unspecified atom stereocenters. The van der Waals surface area contributed by atoms with Gasteiger partial charge in [0.05, 0.1) is 18.2 Å². The summed E-state index contributed by atoms with van der Waals surface area (Å²) in [6.07, 6.45) is 1.50. The van der Waals surface area contributed by atoms with Crippen molar-refractivity contribution in [2.45, 2.75) is 0 Å². The Kier molecular flexibility index (Phi) is 3.65. The van der Waals surface area contributed by atoms with E-state index < -0.39 is 5.97 Å². The second kappa shape index (κ2) is 5.46. The Hall–Kier alpha value is -1.92. The van der Waals surface area contributed by atoms with E-state index in [0.29, 0.717) is 31.9 Å². The van der Waals surface area contributed by atoms with Crippen LogP contribution in [0.5, 0.6) is 0 Å². The molecule has 3 rings (SSSR count). The monoisotopic (exact) mass is 366 g/mol. The summed E-state index contributed by atoms with van der Waals surface area (Å²) in [5.74, 6) is -0.207. The summed E-state index contributed by atoms with van der Waals surface area (Å²) in [5, 5.41) is 0.548. The number of oxazole rings is 1. The molecule has 1 aromatic carbocycles. The van der Waals surface area contributed by atoms with Gasteiger partial charge in [-0.3, -0.25) is 0 Å². The molecule has 0 radical (unpaired) electrons. The van der Waals surface area contributed by atoms with Crippen LogP contribution in [0.15, 0.2) is 39.5 Å². The molecule has 2 heterocycles. The van der Waals surface area contributed by atoms with Gasteiger partial charge in [0.15, 0.2) is 5.58 Å². The van der Waals surface area contributed by atoms with E-state index in [0.717, 1.165) is 0 Å². The molecule has 2 aromatic heterocycles. The van der Waals surface area contributed by atoms with E-state index in [2.05, 4.69) is 25.9 Å². The minimum Gasteiger partial charge on any atom is -0.465 e. The van der Waals surface area contributed by atoms with Gasteiger partial charge in [-0.05, 0) is 34.1 Å². The number of halogens is 2. The Labute approximate surface area is 133 Å². The van der Waals surface area contributed by atoms with Crippen LogP contribution in [0.1, 0.15) is 10.4 Å². The summed E-state index contributed by atoms with van der Waals surface area (Å²) < 4.78 is 10.9. The summed E-state index contributed by atoms with van der Waals surface area (Å²) in [6, 6.07) is 6.69. The van der Waals surface area contributed by atoms with Gasteiger partial charge in [0, 0.05) is 17.3 Å². The van der Waals surface area contributed by atoms with Crippen molar-refractivity contribution in [1.82, 2.24) is 9.97 Å². The minimum absolute atomic E-state index is 0.285. The van der Waals surface area contributed by atoms with Crippen LogP contribution in [-0.2, 0) is 4.74 Å². The first kappa shape index (κ1) is 14.0. The highest BCUT2D eigenvalue weighted by molar-refractivity contribution is 9.10.